The van der Waals surface area contributed by atoms with Gasteiger partial charge in [0.05, 0.1) is 18.2 Å². The molecule has 3 aromatic rings. The van der Waals surface area contributed by atoms with Gasteiger partial charge in [0.1, 0.15) is 23.4 Å². The zero-order valence-corrected chi connectivity index (χ0v) is 21.9. The van der Waals surface area contributed by atoms with Crippen LogP contribution in [0.2, 0.25) is 0 Å². The smallest absolute Gasteiger partial charge is 0.308 e. The quantitative estimate of drug-likeness (QED) is 0.313. The fourth-order valence-corrected chi connectivity index (χ4v) is 4.92. The number of esters is 1. The topological polar surface area (TPSA) is 134 Å². The van der Waals surface area contributed by atoms with Gasteiger partial charge >= 0.3 is 5.97 Å². The fourth-order valence-electron chi connectivity index (χ4n) is 4.56. The maximum absolute atomic E-state index is 13.6. The van der Waals surface area contributed by atoms with Gasteiger partial charge in [0.25, 0.3) is 5.91 Å². The first-order valence-electron chi connectivity index (χ1n) is 12.3. The molecule has 1 aliphatic rings. The molecule has 1 unspecified atom stereocenters. The van der Waals surface area contributed by atoms with Crippen LogP contribution in [0, 0.1) is 5.82 Å². The molecule has 1 saturated heterocycles. The Kier molecular flexibility index (Phi) is 8.70. The van der Waals surface area contributed by atoms with E-state index < -0.39 is 41.0 Å². The number of hydrogen-bond donors (Lipinski definition) is 2. The Balaban J connectivity index is 1.63. The second-order valence-electron chi connectivity index (χ2n) is 9.54. The van der Waals surface area contributed by atoms with Crippen LogP contribution in [0.25, 0.3) is 11.4 Å². The minimum atomic E-state index is -2.33. The van der Waals surface area contributed by atoms with Crippen LogP contribution in [0.15, 0.2) is 53.4 Å². The average Bonchev–Trinajstić information content (AvgIpc) is 3.26. The number of carbonyl (C=O) groups excluding carboxylic acids is 2. The summed E-state index contributed by atoms with van der Waals surface area (Å²) in [6.45, 7) is 4.39. The second kappa shape index (κ2) is 12.0. The number of aliphatic hydroxyl groups excluding tert-OH is 1. The molecule has 1 amide bonds. The van der Waals surface area contributed by atoms with Crippen molar-refractivity contribution in [3.05, 3.63) is 71.3 Å². The van der Waals surface area contributed by atoms with Gasteiger partial charge in [-0.2, -0.15) is 0 Å². The highest BCUT2D eigenvalue weighted by Gasteiger charge is 2.29. The number of halogens is 1. The molecule has 0 aliphatic carbocycles. The van der Waals surface area contributed by atoms with Crippen LogP contribution in [0.5, 0.6) is 0 Å². The van der Waals surface area contributed by atoms with E-state index in [0.717, 1.165) is 5.56 Å². The normalized spacial score (nSPS) is 18.3. The maximum atomic E-state index is 13.6. The molecular formula is C27H29FN3O6S-. The lowest BCUT2D eigenvalue weighted by Crippen LogP contribution is -2.33. The summed E-state index contributed by atoms with van der Waals surface area (Å²) in [5.41, 5.74) is 2.22. The van der Waals surface area contributed by atoms with E-state index in [-0.39, 0.29) is 29.5 Å². The lowest BCUT2D eigenvalue weighted by Gasteiger charge is -2.26. The van der Waals surface area contributed by atoms with Gasteiger partial charge in [-0.3, -0.25) is 13.8 Å². The summed E-state index contributed by atoms with van der Waals surface area (Å²) in [5.74, 6) is -0.889. The van der Waals surface area contributed by atoms with Crippen molar-refractivity contribution >= 4 is 23.0 Å². The Labute approximate surface area is 222 Å². The predicted octanol–water partition coefficient (Wildman–Crippen LogP) is 3.44. The summed E-state index contributed by atoms with van der Waals surface area (Å²) in [4.78, 5) is 29.9. The van der Waals surface area contributed by atoms with E-state index in [0.29, 0.717) is 36.5 Å². The van der Waals surface area contributed by atoms with Crippen molar-refractivity contribution in [3.63, 3.8) is 0 Å². The number of amides is 1. The van der Waals surface area contributed by atoms with E-state index in [9.17, 15) is 27.8 Å². The number of nitrogens with one attached hydrogen (secondary N) is 1. The summed E-state index contributed by atoms with van der Waals surface area (Å²) in [7, 11) is 0. The van der Waals surface area contributed by atoms with E-state index in [1.807, 2.05) is 18.4 Å². The number of nitrogens with zero attached hydrogens (tertiary/aromatic N) is 2. The van der Waals surface area contributed by atoms with Crippen molar-refractivity contribution < 1.29 is 32.6 Å². The predicted molar refractivity (Wildman–Crippen MR) is 136 cm³/mol. The average molecular weight is 543 g/mol. The largest absolute Gasteiger partial charge is 0.768 e. The molecule has 1 fully saturated rings. The first-order valence-corrected chi connectivity index (χ1v) is 13.4. The van der Waals surface area contributed by atoms with E-state index >= 15 is 0 Å². The summed E-state index contributed by atoms with van der Waals surface area (Å²) in [6, 6.07) is 12.0. The van der Waals surface area contributed by atoms with Crippen molar-refractivity contribution in [3.8, 4) is 11.4 Å². The van der Waals surface area contributed by atoms with Crippen molar-refractivity contribution in [1.29, 1.82) is 0 Å². The number of carbonyl (C=O) groups is 2. The fraction of sp³-hybridized carbons (Fsp3) is 0.370. The van der Waals surface area contributed by atoms with Crippen LogP contribution in [-0.4, -0.2) is 47.5 Å². The van der Waals surface area contributed by atoms with Crippen LogP contribution < -0.4 is 5.32 Å². The monoisotopic (exact) mass is 542 g/mol. The van der Waals surface area contributed by atoms with Gasteiger partial charge in [0.15, 0.2) is 0 Å². The third kappa shape index (κ3) is 6.53. The maximum Gasteiger partial charge on any atom is 0.308 e. The number of ether oxygens (including phenoxy) is 1. The molecule has 0 radical (unpaired) electrons. The van der Waals surface area contributed by atoms with Crippen molar-refractivity contribution in [2.45, 2.75) is 69.2 Å². The van der Waals surface area contributed by atoms with Crippen LogP contribution in [0.4, 0.5) is 4.39 Å². The summed E-state index contributed by atoms with van der Waals surface area (Å²) >= 11 is -2.33. The highest BCUT2D eigenvalue weighted by Crippen LogP contribution is 2.30. The number of hydrogen-bond acceptors (Lipinski definition) is 7. The molecule has 1 aliphatic heterocycles. The van der Waals surface area contributed by atoms with Crippen LogP contribution >= 0.6 is 0 Å². The Morgan fingerprint density at radius 1 is 1.24 bits per heavy atom. The number of cyclic esters (lactones) is 1. The number of aliphatic hydroxyl groups is 1. The van der Waals surface area contributed by atoms with E-state index in [1.165, 1.54) is 24.3 Å². The standard InChI is InChI=1S/C27H30FN3O6S/c1-16(2)25-24(27(34)29-15-17-3-9-22(10-4-17)38(35)36)30-26(18-5-7-19(28)8-6-18)31(25)12-11-21-13-20(32)14-23(33)37-21/h3-10,16,20-21,32H,11-15H2,1-2H3,(H,29,34)(H,35,36)/p-1/t20-,21-/m1/s1. The number of rotatable bonds is 9. The molecule has 2 aromatic carbocycles. The van der Waals surface area contributed by atoms with Crippen molar-refractivity contribution in [2.75, 3.05) is 0 Å². The van der Waals surface area contributed by atoms with E-state index in [4.69, 9.17) is 4.74 Å². The molecule has 0 bridgehead atoms. The Hall–Kier alpha value is -3.41. The Morgan fingerprint density at radius 2 is 1.92 bits per heavy atom. The minimum Gasteiger partial charge on any atom is -0.768 e. The zero-order valence-electron chi connectivity index (χ0n) is 21.1. The Morgan fingerprint density at radius 3 is 2.53 bits per heavy atom. The van der Waals surface area contributed by atoms with Crippen molar-refractivity contribution in [2.24, 2.45) is 0 Å². The number of imidazole rings is 1. The molecule has 38 heavy (non-hydrogen) atoms. The van der Waals surface area contributed by atoms with Gasteiger partial charge in [-0.25, -0.2) is 9.37 Å². The molecule has 2 N–H and O–H groups in total. The highest BCUT2D eigenvalue weighted by molar-refractivity contribution is 7.79. The molecule has 0 spiro atoms. The van der Waals surface area contributed by atoms with Gasteiger partial charge in [0, 0.05) is 36.4 Å². The summed E-state index contributed by atoms with van der Waals surface area (Å²) < 4.78 is 43.1. The molecule has 4 rings (SSSR count). The molecule has 11 heteroatoms. The molecular weight excluding hydrogens is 513 g/mol. The molecule has 0 saturated carbocycles. The molecule has 2 heterocycles. The highest BCUT2D eigenvalue weighted by atomic mass is 32.2. The zero-order chi connectivity index (χ0) is 27.4. The number of benzene rings is 2. The van der Waals surface area contributed by atoms with Crippen molar-refractivity contribution in [1.82, 2.24) is 14.9 Å². The van der Waals surface area contributed by atoms with Crippen LogP contribution in [0.3, 0.4) is 0 Å². The van der Waals surface area contributed by atoms with Gasteiger partial charge < -0.3 is 24.3 Å². The van der Waals surface area contributed by atoms with Gasteiger partial charge in [-0.15, -0.1) is 0 Å². The van der Waals surface area contributed by atoms with Gasteiger partial charge in [-0.05, 0) is 59.0 Å². The van der Waals surface area contributed by atoms with Gasteiger partial charge in [0.2, 0.25) is 0 Å². The molecule has 9 nitrogen and oxygen atoms in total. The Bertz CT molecular complexity index is 1320. The molecule has 1 aromatic heterocycles. The number of aromatic nitrogens is 2. The lowest BCUT2D eigenvalue weighted by molar-refractivity contribution is -0.160. The third-order valence-corrected chi connectivity index (χ3v) is 7.01. The molecule has 3 atom stereocenters. The first-order chi connectivity index (χ1) is 18.1. The third-order valence-electron chi connectivity index (χ3n) is 6.35. The van der Waals surface area contributed by atoms with E-state index in [2.05, 4.69) is 10.3 Å². The van der Waals surface area contributed by atoms with Gasteiger partial charge in [-0.1, -0.05) is 26.0 Å². The first kappa shape index (κ1) is 27.6. The van der Waals surface area contributed by atoms with E-state index in [1.54, 1.807) is 24.3 Å². The minimum absolute atomic E-state index is 0.0263. The molecule has 202 valence electrons. The SMILES string of the molecule is CC(C)c1c(C(=O)NCc2ccc(S(=O)[O-])cc2)nc(-c2ccc(F)cc2)n1CC[C@@H]1C[C@@H](O)CC(=O)O1. The summed E-state index contributed by atoms with van der Waals surface area (Å²) in [6.07, 6.45) is -0.522. The lowest BCUT2D eigenvalue weighted by atomic mass is 10.0. The van der Waals surface area contributed by atoms with Crippen LogP contribution in [0.1, 0.15) is 60.8 Å². The van der Waals surface area contributed by atoms with Crippen LogP contribution in [-0.2, 0) is 33.7 Å². The second-order valence-corrected chi connectivity index (χ2v) is 10.5. The summed E-state index contributed by atoms with van der Waals surface area (Å²) in [5, 5.41) is 12.8.